The summed E-state index contributed by atoms with van der Waals surface area (Å²) in [6.45, 7) is 8.78. The zero-order chi connectivity index (χ0) is 14.3. The molecule has 1 atom stereocenters. The van der Waals surface area contributed by atoms with Crippen molar-refractivity contribution in [2.24, 2.45) is 0 Å². The second-order valence-corrected chi connectivity index (χ2v) is 4.46. The highest BCUT2D eigenvalue weighted by atomic mass is 16.5. The Labute approximate surface area is 115 Å². The van der Waals surface area contributed by atoms with E-state index in [4.69, 9.17) is 0 Å². The predicted molar refractivity (Wildman–Crippen MR) is 78.3 cm³/mol. The molecule has 0 spiro atoms. The number of rotatable bonds is 7. The van der Waals surface area contributed by atoms with Gasteiger partial charge in [0.05, 0.1) is 7.11 Å². The van der Waals surface area contributed by atoms with Gasteiger partial charge in [0.1, 0.15) is 6.04 Å². The first-order valence-electron chi connectivity index (χ1n) is 6.77. The molecule has 0 aromatic heterocycles. The molecular formula is C15H24N2O2. The van der Waals surface area contributed by atoms with Crippen molar-refractivity contribution in [2.45, 2.75) is 33.4 Å². The van der Waals surface area contributed by atoms with Crippen LogP contribution < -0.4 is 10.2 Å². The minimum Gasteiger partial charge on any atom is -0.468 e. The van der Waals surface area contributed by atoms with Crippen LogP contribution in [0.1, 0.15) is 26.3 Å². The predicted octanol–water partition coefficient (Wildman–Crippen LogP) is 2.18. The number of hydrogen-bond acceptors (Lipinski definition) is 4. The summed E-state index contributed by atoms with van der Waals surface area (Å²) in [7, 11) is 1.40. The maximum absolute atomic E-state index is 11.3. The maximum atomic E-state index is 11.3. The van der Waals surface area contributed by atoms with Gasteiger partial charge in [0, 0.05) is 25.3 Å². The molecule has 0 aliphatic rings. The molecule has 0 fully saturated rings. The van der Waals surface area contributed by atoms with Crippen LogP contribution in [0, 0.1) is 0 Å². The lowest BCUT2D eigenvalue weighted by atomic mass is 10.2. The van der Waals surface area contributed by atoms with Crippen molar-refractivity contribution < 1.29 is 9.53 Å². The van der Waals surface area contributed by atoms with Crippen molar-refractivity contribution in [1.29, 1.82) is 0 Å². The fourth-order valence-electron chi connectivity index (χ4n) is 1.94. The van der Waals surface area contributed by atoms with Gasteiger partial charge in [-0.05, 0) is 38.5 Å². The number of nitrogens with one attached hydrogen (secondary N) is 1. The molecule has 0 radical (unpaired) electrons. The molecule has 0 bridgehead atoms. The van der Waals surface area contributed by atoms with Gasteiger partial charge in [0.15, 0.2) is 0 Å². The molecule has 106 valence electrons. The van der Waals surface area contributed by atoms with E-state index >= 15 is 0 Å². The summed E-state index contributed by atoms with van der Waals surface area (Å²) < 4.78 is 4.67. The lowest BCUT2D eigenvalue weighted by Crippen LogP contribution is -2.34. The summed E-state index contributed by atoms with van der Waals surface area (Å²) in [6.07, 6.45) is 0. The molecule has 1 aromatic carbocycles. The van der Waals surface area contributed by atoms with Crippen molar-refractivity contribution in [3.8, 4) is 0 Å². The van der Waals surface area contributed by atoms with Gasteiger partial charge in [0.25, 0.3) is 0 Å². The summed E-state index contributed by atoms with van der Waals surface area (Å²) in [6, 6.07) is 8.13. The van der Waals surface area contributed by atoms with E-state index in [9.17, 15) is 4.79 Å². The Hall–Kier alpha value is -1.55. The number of hydrogen-bond donors (Lipinski definition) is 1. The molecular weight excluding hydrogens is 240 g/mol. The second kappa shape index (κ2) is 7.79. The molecule has 1 unspecified atom stereocenters. The Morgan fingerprint density at radius 2 is 1.84 bits per heavy atom. The number of carbonyl (C=O) groups is 1. The van der Waals surface area contributed by atoms with Gasteiger partial charge in [-0.15, -0.1) is 0 Å². The van der Waals surface area contributed by atoms with Gasteiger partial charge in [-0.25, -0.2) is 0 Å². The van der Waals surface area contributed by atoms with Gasteiger partial charge in [-0.1, -0.05) is 12.1 Å². The Morgan fingerprint density at radius 3 is 2.32 bits per heavy atom. The van der Waals surface area contributed by atoms with E-state index in [0.29, 0.717) is 6.54 Å². The summed E-state index contributed by atoms with van der Waals surface area (Å²) >= 11 is 0. The molecule has 4 nitrogen and oxygen atoms in total. The van der Waals surface area contributed by atoms with Crippen molar-refractivity contribution in [3.63, 3.8) is 0 Å². The Kier molecular flexibility index (Phi) is 6.36. The molecule has 0 heterocycles. The highest BCUT2D eigenvalue weighted by molar-refractivity contribution is 5.75. The van der Waals surface area contributed by atoms with Crippen LogP contribution in [0.4, 0.5) is 5.69 Å². The third-order valence-corrected chi connectivity index (χ3v) is 3.23. The minimum atomic E-state index is -0.285. The first-order chi connectivity index (χ1) is 9.12. The monoisotopic (exact) mass is 264 g/mol. The van der Waals surface area contributed by atoms with E-state index in [0.717, 1.165) is 18.7 Å². The molecule has 19 heavy (non-hydrogen) atoms. The summed E-state index contributed by atoms with van der Waals surface area (Å²) in [5, 5.41) is 3.14. The first kappa shape index (κ1) is 15.5. The Bertz CT molecular complexity index is 386. The zero-order valence-corrected chi connectivity index (χ0v) is 12.3. The lowest BCUT2D eigenvalue weighted by Gasteiger charge is -2.21. The lowest BCUT2D eigenvalue weighted by molar-refractivity contribution is -0.142. The van der Waals surface area contributed by atoms with Gasteiger partial charge >= 0.3 is 5.97 Å². The van der Waals surface area contributed by atoms with Gasteiger partial charge in [-0.3, -0.25) is 4.79 Å². The average Bonchev–Trinajstić information content (AvgIpc) is 2.46. The number of methoxy groups -OCH3 is 1. The number of carbonyl (C=O) groups excluding carboxylic acids is 1. The Balaban J connectivity index is 2.55. The van der Waals surface area contributed by atoms with Crippen LogP contribution in [0.5, 0.6) is 0 Å². The Morgan fingerprint density at radius 1 is 1.26 bits per heavy atom. The van der Waals surface area contributed by atoms with Crippen LogP contribution in [-0.2, 0) is 16.1 Å². The van der Waals surface area contributed by atoms with Gasteiger partial charge < -0.3 is 15.0 Å². The van der Waals surface area contributed by atoms with E-state index in [2.05, 4.69) is 53.1 Å². The van der Waals surface area contributed by atoms with E-state index < -0.39 is 0 Å². The molecule has 1 rings (SSSR count). The molecule has 1 N–H and O–H groups in total. The maximum Gasteiger partial charge on any atom is 0.322 e. The third kappa shape index (κ3) is 4.56. The molecule has 0 aliphatic carbocycles. The number of anilines is 1. The summed E-state index contributed by atoms with van der Waals surface area (Å²) in [4.78, 5) is 13.6. The SMILES string of the molecule is CCN(CC)c1ccc(CNC(C)C(=O)OC)cc1. The number of ether oxygens (including phenoxy) is 1. The van der Waals surface area contributed by atoms with Crippen molar-refractivity contribution in [1.82, 2.24) is 5.32 Å². The first-order valence-corrected chi connectivity index (χ1v) is 6.77. The molecule has 4 heteroatoms. The van der Waals surface area contributed by atoms with Gasteiger partial charge in [0.2, 0.25) is 0 Å². The van der Waals surface area contributed by atoms with E-state index in [-0.39, 0.29) is 12.0 Å². The topological polar surface area (TPSA) is 41.6 Å². The number of esters is 1. The smallest absolute Gasteiger partial charge is 0.322 e. The van der Waals surface area contributed by atoms with E-state index in [1.165, 1.54) is 12.8 Å². The largest absolute Gasteiger partial charge is 0.468 e. The molecule has 0 saturated carbocycles. The molecule has 1 aromatic rings. The van der Waals surface area contributed by atoms with Crippen molar-refractivity contribution >= 4 is 11.7 Å². The van der Waals surface area contributed by atoms with E-state index in [1.807, 2.05) is 0 Å². The standard InChI is InChI=1S/C15H24N2O2/c1-5-17(6-2)14-9-7-13(8-10-14)11-16-12(3)15(18)19-4/h7-10,12,16H,5-6,11H2,1-4H3. The molecule has 0 saturated heterocycles. The molecule has 0 amide bonds. The van der Waals surface area contributed by atoms with Crippen LogP contribution >= 0.6 is 0 Å². The van der Waals surface area contributed by atoms with Crippen LogP contribution in [0.15, 0.2) is 24.3 Å². The van der Waals surface area contributed by atoms with Crippen LogP contribution in [0.25, 0.3) is 0 Å². The highest BCUT2D eigenvalue weighted by Crippen LogP contribution is 2.14. The summed E-state index contributed by atoms with van der Waals surface area (Å²) in [5.74, 6) is -0.236. The number of benzene rings is 1. The van der Waals surface area contributed by atoms with Crippen LogP contribution in [0.3, 0.4) is 0 Å². The average molecular weight is 264 g/mol. The fourth-order valence-corrected chi connectivity index (χ4v) is 1.94. The van der Waals surface area contributed by atoms with Crippen molar-refractivity contribution in [2.75, 3.05) is 25.1 Å². The third-order valence-electron chi connectivity index (χ3n) is 3.23. The number of nitrogens with zero attached hydrogens (tertiary/aromatic N) is 1. The van der Waals surface area contributed by atoms with Crippen LogP contribution in [0.2, 0.25) is 0 Å². The van der Waals surface area contributed by atoms with Crippen LogP contribution in [-0.4, -0.2) is 32.2 Å². The second-order valence-electron chi connectivity index (χ2n) is 4.46. The van der Waals surface area contributed by atoms with E-state index in [1.54, 1.807) is 6.92 Å². The minimum absolute atomic E-state index is 0.236. The quantitative estimate of drug-likeness (QED) is 0.767. The van der Waals surface area contributed by atoms with Crippen molar-refractivity contribution in [3.05, 3.63) is 29.8 Å². The summed E-state index contributed by atoms with van der Waals surface area (Å²) in [5.41, 5.74) is 2.39. The normalized spacial score (nSPS) is 12.0. The zero-order valence-electron chi connectivity index (χ0n) is 12.3. The molecule has 0 aliphatic heterocycles. The highest BCUT2D eigenvalue weighted by Gasteiger charge is 2.11. The van der Waals surface area contributed by atoms with Gasteiger partial charge in [-0.2, -0.15) is 0 Å². The fraction of sp³-hybridized carbons (Fsp3) is 0.533.